The normalized spacial score (nSPS) is 11.9. The van der Waals surface area contributed by atoms with Crippen molar-refractivity contribution in [2.24, 2.45) is 5.92 Å². The number of aliphatic hydroxyl groups excluding tert-OH is 1. The molecule has 3 heteroatoms. The van der Waals surface area contributed by atoms with E-state index >= 15 is 0 Å². The quantitative estimate of drug-likeness (QED) is 0.315. The summed E-state index contributed by atoms with van der Waals surface area (Å²) in [5.41, 5.74) is -0.495. The Morgan fingerprint density at radius 2 is 1.20 bits per heavy atom. The molecule has 0 aliphatic carbocycles. The van der Waals surface area contributed by atoms with Gasteiger partial charge in [-0.1, -0.05) is 90.9 Å². The van der Waals surface area contributed by atoms with Gasteiger partial charge in [0.05, 0.1) is 12.1 Å². The number of aliphatic hydroxyl groups is 1. The molecule has 0 radical (unpaired) electrons. The summed E-state index contributed by atoms with van der Waals surface area (Å²) in [7, 11) is 0. The average molecular weight is 356 g/mol. The van der Waals surface area contributed by atoms with Crippen LogP contribution in [0.15, 0.2) is 0 Å². The number of unbranched alkanes of at least 4 members (excludes halogenated alkanes) is 11. The molecule has 0 aromatic heterocycles. The molecule has 3 nitrogen and oxygen atoms in total. The molecule has 0 atom stereocenters. The fourth-order valence-electron chi connectivity index (χ4n) is 3.09. The Morgan fingerprint density at radius 1 is 0.800 bits per heavy atom. The Kier molecular flexibility index (Phi) is 15.3. The maximum absolute atomic E-state index is 11.7. The molecule has 150 valence electrons. The maximum Gasteiger partial charge on any atom is 0.220 e. The number of hydrogen-bond donors (Lipinski definition) is 2. The number of hydrogen-bond acceptors (Lipinski definition) is 2. The van der Waals surface area contributed by atoms with Crippen LogP contribution in [-0.4, -0.2) is 23.2 Å². The molecule has 0 saturated heterocycles. The first-order chi connectivity index (χ1) is 11.9. The van der Waals surface area contributed by atoms with E-state index in [9.17, 15) is 4.79 Å². The molecule has 25 heavy (non-hydrogen) atoms. The van der Waals surface area contributed by atoms with Crippen molar-refractivity contribution in [2.45, 2.75) is 123 Å². The van der Waals surface area contributed by atoms with Gasteiger partial charge in [0, 0.05) is 6.42 Å². The zero-order valence-corrected chi connectivity index (χ0v) is 17.5. The van der Waals surface area contributed by atoms with Crippen LogP contribution in [0.1, 0.15) is 118 Å². The van der Waals surface area contributed by atoms with Gasteiger partial charge in [0.15, 0.2) is 0 Å². The van der Waals surface area contributed by atoms with E-state index in [4.69, 9.17) is 5.11 Å². The standard InChI is InChI=1S/C22H45NO2/c1-20(2)17-15-13-11-9-7-5-6-8-10-12-14-16-18-21(25)23-22(3,4)19-24/h20,24H,5-19H2,1-4H3,(H,23,25). The van der Waals surface area contributed by atoms with E-state index in [1.807, 2.05) is 13.8 Å². The van der Waals surface area contributed by atoms with Crippen molar-refractivity contribution >= 4 is 5.91 Å². The molecular weight excluding hydrogens is 310 g/mol. The van der Waals surface area contributed by atoms with Crippen LogP contribution < -0.4 is 5.32 Å². The van der Waals surface area contributed by atoms with Crippen LogP contribution in [0.2, 0.25) is 0 Å². The zero-order chi connectivity index (χ0) is 19.0. The summed E-state index contributed by atoms with van der Waals surface area (Å²) in [6.45, 7) is 8.30. The molecular formula is C22H45NO2. The van der Waals surface area contributed by atoms with Gasteiger partial charge in [-0.05, 0) is 26.2 Å². The predicted molar refractivity (Wildman–Crippen MR) is 109 cm³/mol. The molecule has 0 rings (SSSR count). The molecule has 2 N–H and O–H groups in total. The van der Waals surface area contributed by atoms with Crippen LogP contribution in [0.25, 0.3) is 0 Å². The molecule has 0 aromatic carbocycles. The second kappa shape index (κ2) is 15.7. The fraction of sp³-hybridized carbons (Fsp3) is 0.955. The topological polar surface area (TPSA) is 49.3 Å². The third kappa shape index (κ3) is 18.0. The lowest BCUT2D eigenvalue weighted by atomic mass is 10.0. The minimum Gasteiger partial charge on any atom is -0.394 e. The summed E-state index contributed by atoms with van der Waals surface area (Å²) in [5, 5.41) is 12.0. The monoisotopic (exact) mass is 355 g/mol. The fourth-order valence-corrected chi connectivity index (χ4v) is 3.09. The average Bonchev–Trinajstić information content (AvgIpc) is 2.54. The molecule has 0 spiro atoms. The first-order valence-electron chi connectivity index (χ1n) is 10.8. The zero-order valence-electron chi connectivity index (χ0n) is 17.5. The molecule has 1 amide bonds. The van der Waals surface area contributed by atoms with Crippen LogP contribution in [0.3, 0.4) is 0 Å². The van der Waals surface area contributed by atoms with Gasteiger partial charge in [0.25, 0.3) is 0 Å². The Bertz CT molecular complexity index is 313. The highest BCUT2D eigenvalue weighted by Gasteiger charge is 2.18. The van der Waals surface area contributed by atoms with Crippen molar-refractivity contribution in [1.29, 1.82) is 0 Å². The predicted octanol–water partition coefficient (Wildman–Crippen LogP) is 5.99. The molecule has 0 unspecified atom stereocenters. The van der Waals surface area contributed by atoms with Crippen molar-refractivity contribution in [3.05, 3.63) is 0 Å². The maximum atomic E-state index is 11.7. The number of rotatable bonds is 17. The molecule has 0 bridgehead atoms. The number of amides is 1. The smallest absolute Gasteiger partial charge is 0.220 e. The Balaban J connectivity index is 3.23. The van der Waals surface area contributed by atoms with Crippen LogP contribution in [0.5, 0.6) is 0 Å². The van der Waals surface area contributed by atoms with Crippen LogP contribution in [0, 0.1) is 5.92 Å². The lowest BCUT2D eigenvalue weighted by Gasteiger charge is -2.23. The summed E-state index contributed by atoms with van der Waals surface area (Å²) in [6.07, 6.45) is 17.8. The summed E-state index contributed by atoms with van der Waals surface area (Å²) in [5.74, 6) is 0.925. The van der Waals surface area contributed by atoms with Crippen LogP contribution >= 0.6 is 0 Å². The lowest BCUT2D eigenvalue weighted by molar-refractivity contribution is -0.123. The third-order valence-corrected chi connectivity index (χ3v) is 4.81. The summed E-state index contributed by atoms with van der Waals surface area (Å²) < 4.78 is 0. The number of carbonyl (C=O) groups excluding carboxylic acids is 1. The first kappa shape index (κ1) is 24.4. The van der Waals surface area contributed by atoms with Crippen molar-refractivity contribution in [1.82, 2.24) is 5.32 Å². The summed E-state index contributed by atoms with van der Waals surface area (Å²) in [6, 6.07) is 0. The molecule has 0 fully saturated rings. The van der Waals surface area contributed by atoms with Gasteiger partial charge in [0.2, 0.25) is 5.91 Å². The van der Waals surface area contributed by atoms with Crippen LogP contribution in [0.4, 0.5) is 0 Å². The van der Waals surface area contributed by atoms with Gasteiger partial charge in [0.1, 0.15) is 0 Å². The second-order valence-corrected chi connectivity index (χ2v) is 8.77. The molecule has 0 aliphatic rings. The van der Waals surface area contributed by atoms with Gasteiger partial charge in [-0.15, -0.1) is 0 Å². The molecule has 0 aliphatic heterocycles. The van der Waals surface area contributed by atoms with E-state index in [-0.39, 0.29) is 12.5 Å². The molecule has 0 heterocycles. The highest BCUT2D eigenvalue weighted by atomic mass is 16.3. The van der Waals surface area contributed by atoms with E-state index in [0.29, 0.717) is 6.42 Å². The first-order valence-corrected chi connectivity index (χ1v) is 10.8. The van der Waals surface area contributed by atoms with E-state index in [1.54, 1.807) is 0 Å². The summed E-state index contributed by atoms with van der Waals surface area (Å²) >= 11 is 0. The lowest BCUT2D eigenvalue weighted by Crippen LogP contribution is -2.46. The van der Waals surface area contributed by atoms with Gasteiger partial charge in [-0.3, -0.25) is 4.79 Å². The van der Waals surface area contributed by atoms with Gasteiger partial charge in [-0.2, -0.15) is 0 Å². The van der Waals surface area contributed by atoms with E-state index in [2.05, 4.69) is 19.2 Å². The second-order valence-electron chi connectivity index (χ2n) is 8.77. The Hall–Kier alpha value is -0.570. The SMILES string of the molecule is CC(C)CCCCCCCCCCCCCCC(=O)NC(C)(C)CO. The minimum atomic E-state index is -0.495. The third-order valence-electron chi connectivity index (χ3n) is 4.81. The van der Waals surface area contributed by atoms with Gasteiger partial charge >= 0.3 is 0 Å². The van der Waals surface area contributed by atoms with Gasteiger partial charge < -0.3 is 10.4 Å². The number of carbonyl (C=O) groups is 1. The van der Waals surface area contributed by atoms with E-state index in [0.717, 1.165) is 18.8 Å². The molecule has 0 aromatic rings. The Morgan fingerprint density at radius 3 is 1.60 bits per heavy atom. The van der Waals surface area contributed by atoms with Crippen molar-refractivity contribution in [3.63, 3.8) is 0 Å². The highest BCUT2D eigenvalue weighted by molar-refractivity contribution is 5.76. The van der Waals surface area contributed by atoms with E-state index < -0.39 is 5.54 Å². The summed E-state index contributed by atoms with van der Waals surface area (Å²) in [4.78, 5) is 11.7. The highest BCUT2D eigenvalue weighted by Crippen LogP contribution is 2.14. The minimum absolute atomic E-state index is 0.0172. The number of nitrogens with one attached hydrogen (secondary N) is 1. The van der Waals surface area contributed by atoms with Crippen LogP contribution in [-0.2, 0) is 4.79 Å². The van der Waals surface area contributed by atoms with Crippen molar-refractivity contribution in [2.75, 3.05) is 6.61 Å². The van der Waals surface area contributed by atoms with Crippen molar-refractivity contribution < 1.29 is 9.90 Å². The largest absolute Gasteiger partial charge is 0.394 e. The Labute approximate surface area is 157 Å². The molecule has 0 saturated carbocycles. The van der Waals surface area contributed by atoms with Crippen molar-refractivity contribution in [3.8, 4) is 0 Å². The van der Waals surface area contributed by atoms with Gasteiger partial charge in [-0.25, -0.2) is 0 Å². The van der Waals surface area contributed by atoms with E-state index in [1.165, 1.54) is 70.6 Å².